The lowest BCUT2D eigenvalue weighted by Gasteiger charge is -2.45. The van der Waals surface area contributed by atoms with Gasteiger partial charge in [-0.15, -0.1) is 0 Å². The van der Waals surface area contributed by atoms with Gasteiger partial charge in [-0.2, -0.15) is 0 Å². The Morgan fingerprint density at radius 3 is 2.55 bits per heavy atom. The summed E-state index contributed by atoms with van der Waals surface area (Å²) in [6.07, 6.45) is 7.62. The number of fused-ring (bicyclic) bond motifs is 3. The Labute approximate surface area is 186 Å². The Morgan fingerprint density at radius 2 is 1.97 bits per heavy atom. The van der Waals surface area contributed by atoms with Crippen LogP contribution in [0.2, 0.25) is 0 Å². The number of nitrogens with zero attached hydrogens (tertiary/aromatic N) is 1. The fraction of sp³-hybridized carbons (Fsp3) is 0.880. The van der Waals surface area contributed by atoms with E-state index in [0.29, 0.717) is 18.3 Å². The zero-order chi connectivity index (χ0) is 21.8. The Balaban J connectivity index is 1.25. The van der Waals surface area contributed by atoms with Crippen LogP contribution in [0.4, 0.5) is 0 Å². The Morgan fingerprint density at radius 1 is 1.23 bits per heavy atom. The number of methoxy groups -OCH3 is 1. The predicted octanol–water partition coefficient (Wildman–Crippen LogP) is 3.34. The molecule has 1 saturated carbocycles. The van der Waals surface area contributed by atoms with Crippen LogP contribution in [0, 0.1) is 17.8 Å². The van der Waals surface area contributed by atoms with Crippen molar-refractivity contribution in [2.24, 2.45) is 17.8 Å². The topological polar surface area (TPSA) is 63.8 Å². The normalized spacial score (nSPS) is 47.8. The first-order chi connectivity index (χ1) is 14.8. The van der Waals surface area contributed by atoms with E-state index in [2.05, 4.69) is 31.7 Å². The standard InChI is InChI=1S/C25H39NO5/c1-16(2)5-6-20-24(3,31-20)23-22(28-4)19(7-10-25(23)15-29-25)30-21(27)13-18-14-26-11-8-17(18)9-12-26/h5,17-20,22-23H,6-15H2,1-4H3/t18?,19-,20-,22-,23-,24-,25+/m1/s1. The highest BCUT2D eigenvalue weighted by Gasteiger charge is 2.72. The zero-order valence-electron chi connectivity index (χ0n) is 19.6. The maximum absolute atomic E-state index is 12.9. The summed E-state index contributed by atoms with van der Waals surface area (Å²) in [4.78, 5) is 15.4. The molecule has 0 aromatic heterocycles. The maximum atomic E-state index is 12.9. The number of epoxide rings is 2. The second kappa shape index (κ2) is 8.12. The molecule has 6 heteroatoms. The molecular formula is C25H39NO5. The molecule has 5 heterocycles. The van der Waals surface area contributed by atoms with E-state index in [4.69, 9.17) is 18.9 Å². The van der Waals surface area contributed by atoms with Crippen molar-refractivity contribution in [1.29, 1.82) is 0 Å². The summed E-state index contributed by atoms with van der Waals surface area (Å²) < 4.78 is 24.4. The van der Waals surface area contributed by atoms with Gasteiger partial charge >= 0.3 is 5.97 Å². The van der Waals surface area contributed by atoms with E-state index in [1.54, 1.807) is 7.11 Å². The van der Waals surface area contributed by atoms with Crippen LogP contribution in [0.15, 0.2) is 11.6 Å². The summed E-state index contributed by atoms with van der Waals surface area (Å²) in [5.41, 5.74) is 0.847. The smallest absolute Gasteiger partial charge is 0.306 e. The van der Waals surface area contributed by atoms with Crippen molar-refractivity contribution in [3.63, 3.8) is 0 Å². The minimum absolute atomic E-state index is 0.0554. The van der Waals surface area contributed by atoms with E-state index in [1.807, 2.05) is 0 Å². The van der Waals surface area contributed by atoms with Gasteiger partial charge in [-0.25, -0.2) is 0 Å². The van der Waals surface area contributed by atoms with Gasteiger partial charge in [0, 0.05) is 20.1 Å². The second-order valence-electron chi connectivity index (χ2n) is 11.0. The lowest BCUT2D eigenvalue weighted by Crippen LogP contribution is -2.55. The highest BCUT2D eigenvalue weighted by Crippen LogP contribution is 2.59. The third-order valence-corrected chi connectivity index (χ3v) is 8.74. The first-order valence-electron chi connectivity index (χ1n) is 12.2. The largest absolute Gasteiger partial charge is 0.460 e. The van der Waals surface area contributed by atoms with Gasteiger partial charge in [0.1, 0.15) is 23.4 Å². The van der Waals surface area contributed by atoms with Crippen LogP contribution in [0.3, 0.4) is 0 Å². The molecule has 1 unspecified atom stereocenters. The quantitative estimate of drug-likeness (QED) is 0.349. The number of carbonyl (C=O) groups excluding carboxylic acids is 1. The van der Waals surface area contributed by atoms with Crippen LogP contribution in [-0.2, 0) is 23.7 Å². The average molecular weight is 434 g/mol. The third kappa shape index (κ3) is 4.09. The number of hydrogen-bond acceptors (Lipinski definition) is 6. The molecule has 174 valence electrons. The molecule has 6 nitrogen and oxygen atoms in total. The fourth-order valence-electron chi connectivity index (χ4n) is 6.82. The number of rotatable bonds is 7. The van der Waals surface area contributed by atoms with Crippen molar-refractivity contribution < 1.29 is 23.7 Å². The minimum Gasteiger partial charge on any atom is -0.460 e. The molecule has 5 aliphatic heterocycles. The molecule has 1 aliphatic carbocycles. The number of esters is 1. The van der Waals surface area contributed by atoms with Crippen molar-refractivity contribution in [3.05, 3.63) is 11.6 Å². The highest BCUT2D eigenvalue weighted by molar-refractivity contribution is 5.70. The summed E-state index contributed by atoms with van der Waals surface area (Å²) in [6, 6.07) is 0. The van der Waals surface area contributed by atoms with Gasteiger partial charge in [0.25, 0.3) is 0 Å². The molecule has 6 fully saturated rings. The van der Waals surface area contributed by atoms with Crippen molar-refractivity contribution >= 4 is 5.97 Å². The molecule has 0 amide bonds. The maximum Gasteiger partial charge on any atom is 0.306 e. The highest BCUT2D eigenvalue weighted by atomic mass is 16.6. The Kier molecular flexibility index (Phi) is 5.73. The number of ether oxygens (including phenoxy) is 4. The van der Waals surface area contributed by atoms with Crippen LogP contribution >= 0.6 is 0 Å². The molecule has 0 radical (unpaired) electrons. The summed E-state index contributed by atoms with van der Waals surface area (Å²) in [5, 5.41) is 0. The molecule has 2 bridgehead atoms. The molecule has 0 aromatic rings. The molecule has 7 atom stereocenters. The van der Waals surface area contributed by atoms with E-state index >= 15 is 0 Å². The van der Waals surface area contributed by atoms with Crippen molar-refractivity contribution in [2.75, 3.05) is 33.4 Å². The first-order valence-corrected chi connectivity index (χ1v) is 12.2. The predicted molar refractivity (Wildman–Crippen MR) is 117 cm³/mol. The molecule has 6 aliphatic rings. The minimum atomic E-state index is -0.288. The molecule has 1 spiro atoms. The van der Waals surface area contributed by atoms with Gasteiger partial charge in [-0.1, -0.05) is 11.6 Å². The molecule has 0 aromatic carbocycles. The first kappa shape index (κ1) is 21.9. The Bertz CT molecular complexity index is 721. The number of piperidine rings is 3. The zero-order valence-corrected chi connectivity index (χ0v) is 19.6. The summed E-state index contributed by atoms with van der Waals surface area (Å²) in [7, 11) is 1.74. The van der Waals surface area contributed by atoms with E-state index in [1.165, 1.54) is 31.5 Å². The summed E-state index contributed by atoms with van der Waals surface area (Å²) in [5.74, 6) is 1.17. The van der Waals surface area contributed by atoms with Crippen LogP contribution in [-0.4, -0.2) is 73.7 Å². The van der Waals surface area contributed by atoms with Crippen molar-refractivity contribution in [2.45, 2.75) is 88.8 Å². The van der Waals surface area contributed by atoms with Gasteiger partial charge in [0.05, 0.1) is 18.6 Å². The van der Waals surface area contributed by atoms with Gasteiger partial charge in [-0.3, -0.25) is 4.79 Å². The second-order valence-corrected chi connectivity index (χ2v) is 11.0. The van der Waals surface area contributed by atoms with Crippen molar-refractivity contribution in [1.82, 2.24) is 4.90 Å². The number of carbonyl (C=O) groups is 1. The van der Waals surface area contributed by atoms with Crippen LogP contribution in [0.25, 0.3) is 0 Å². The van der Waals surface area contributed by atoms with Gasteiger partial charge in [-0.05, 0) is 77.8 Å². The van der Waals surface area contributed by atoms with E-state index in [-0.39, 0.29) is 41.4 Å². The van der Waals surface area contributed by atoms with E-state index < -0.39 is 0 Å². The molecule has 0 N–H and O–H groups in total. The molecule has 6 rings (SSSR count). The van der Waals surface area contributed by atoms with Gasteiger partial charge in [0.15, 0.2) is 0 Å². The van der Waals surface area contributed by atoms with Crippen LogP contribution in [0.5, 0.6) is 0 Å². The lowest BCUT2D eigenvalue weighted by atomic mass is 9.68. The SMILES string of the molecule is CO[C@@H]1[C@H](OC(=O)CC2CN3CCC2CC3)CC[C@]2(CO2)[C@H]1[C@]1(C)O[C@@H]1CC=C(C)C. The fourth-order valence-corrected chi connectivity index (χ4v) is 6.82. The monoisotopic (exact) mass is 433 g/mol. The van der Waals surface area contributed by atoms with Crippen molar-refractivity contribution in [3.8, 4) is 0 Å². The van der Waals surface area contributed by atoms with E-state index in [9.17, 15) is 4.79 Å². The Hall–Kier alpha value is -0.950. The van der Waals surface area contributed by atoms with E-state index in [0.717, 1.165) is 32.4 Å². The molecule has 5 saturated heterocycles. The molecular weight excluding hydrogens is 394 g/mol. The van der Waals surface area contributed by atoms with Crippen LogP contribution < -0.4 is 0 Å². The van der Waals surface area contributed by atoms with Crippen LogP contribution in [0.1, 0.15) is 59.3 Å². The average Bonchev–Trinajstić information content (AvgIpc) is 3.66. The van der Waals surface area contributed by atoms with Gasteiger partial charge in [0.2, 0.25) is 0 Å². The summed E-state index contributed by atoms with van der Waals surface area (Å²) >= 11 is 0. The van der Waals surface area contributed by atoms with Gasteiger partial charge < -0.3 is 23.8 Å². The number of allylic oxidation sites excluding steroid dienone is 1. The number of hydrogen-bond donors (Lipinski definition) is 0. The lowest BCUT2D eigenvalue weighted by molar-refractivity contribution is -0.174. The summed E-state index contributed by atoms with van der Waals surface area (Å²) in [6.45, 7) is 10.6. The third-order valence-electron chi connectivity index (χ3n) is 8.74. The molecule has 31 heavy (non-hydrogen) atoms.